The lowest BCUT2D eigenvalue weighted by atomic mass is 10.1. The lowest BCUT2D eigenvalue weighted by Crippen LogP contribution is -2.24. The maximum absolute atomic E-state index is 5.31. The zero-order chi connectivity index (χ0) is 21.8. The van der Waals surface area contributed by atoms with Crippen LogP contribution in [0.5, 0.6) is 11.5 Å². The van der Waals surface area contributed by atoms with Gasteiger partial charge in [0.1, 0.15) is 17.3 Å². The van der Waals surface area contributed by atoms with Gasteiger partial charge in [-0.3, -0.25) is 0 Å². The summed E-state index contributed by atoms with van der Waals surface area (Å²) in [6.45, 7) is 3.61. The number of hydrogen-bond donors (Lipinski definition) is 0. The standard InChI is InChI=1S/C26H25BrN2O2/c1-18-14-21-15-22(27)8-13-25(21)28-26(18)29(16-19-4-9-23(30-2)10-5-19)17-20-6-11-24(31-3)12-7-20/h4-15H,16-17H2,1-3H3. The number of benzene rings is 3. The molecule has 1 heterocycles. The van der Waals surface area contributed by atoms with Crippen molar-refractivity contribution in [2.75, 3.05) is 19.1 Å². The lowest BCUT2D eigenvalue weighted by molar-refractivity contribution is 0.414. The van der Waals surface area contributed by atoms with Gasteiger partial charge < -0.3 is 14.4 Å². The van der Waals surface area contributed by atoms with Crippen LogP contribution in [0.25, 0.3) is 10.9 Å². The highest BCUT2D eigenvalue weighted by Crippen LogP contribution is 2.28. The van der Waals surface area contributed by atoms with Crippen molar-refractivity contribution in [2.24, 2.45) is 0 Å². The normalized spacial score (nSPS) is 10.8. The SMILES string of the molecule is COc1ccc(CN(Cc2ccc(OC)cc2)c2nc3ccc(Br)cc3cc2C)cc1. The van der Waals surface area contributed by atoms with Gasteiger partial charge >= 0.3 is 0 Å². The van der Waals surface area contributed by atoms with E-state index in [0.29, 0.717) is 0 Å². The van der Waals surface area contributed by atoms with Crippen LogP contribution in [0.4, 0.5) is 5.82 Å². The van der Waals surface area contributed by atoms with Gasteiger partial charge in [-0.25, -0.2) is 4.98 Å². The van der Waals surface area contributed by atoms with Crippen molar-refractivity contribution < 1.29 is 9.47 Å². The van der Waals surface area contributed by atoms with E-state index in [1.165, 1.54) is 11.1 Å². The molecule has 1 aromatic heterocycles. The van der Waals surface area contributed by atoms with Crippen molar-refractivity contribution in [3.8, 4) is 11.5 Å². The molecular formula is C26H25BrN2O2. The Bertz CT molecular complexity index is 1130. The summed E-state index contributed by atoms with van der Waals surface area (Å²) in [7, 11) is 3.37. The summed E-state index contributed by atoms with van der Waals surface area (Å²) in [5.74, 6) is 2.70. The predicted octanol–water partition coefficient (Wildman–Crippen LogP) is 6.53. The van der Waals surface area contributed by atoms with Crippen LogP contribution in [0, 0.1) is 6.92 Å². The van der Waals surface area contributed by atoms with Crippen molar-refractivity contribution in [3.63, 3.8) is 0 Å². The highest BCUT2D eigenvalue weighted by atomic mass is 79.9. The zero-order valence-corrected chi connectivity index (χ0v) is 19.5. The van der Waals surface area contributed by atoms with E-state index < -0.39 is 0 Å². The molecule has 0 unspecified atom stereocenters. The maximum atomic E-state index is 5.31. The summed E-state index contributed by atoms with van der Waals surface area (Å²) < 4.78 is 11.7. The highest BCUT2D eigenvalue weighted by Gasteiger charge is 2.14. The average Bonchev–Trinajstić information content (AvgIpc) is 2.79. The van der Waals surface area contributed by atoms with E-state index in [1.807, 2.05) is 30.3 Å². The number of methoxy groups -OCH3 is 2. The minimum atomic E-state index is 0.742. The summed E-state index contributed by atoms with van der Waals surface area (Å²) in [6, 6.07) is 24.8. The van der Waals surface area contributed by atoms with Crippen molar-refractivity contribution in [1.82, 2.24) is 4.98 Å². The molecule has 31 heavy (non-hydrogen) atoms. The van der Waals surface area contributed by atoms with Gasteiger partial charge in [0.2, 0.25) is 0 Å². The van der Waals surface area contributed by atoms with Gasteiger partial charge in [-0.2, -0.15) is 0 Å². The van der Waals surface area contributed by atoms with E-state index in [9.17, 15) is 0 Å². The predicted molar refractivity (Wildman–Crippen MR) is 130 cm³/mol. The van der Waals surface area contributed by atoms with Crippen LogP contribution in [-0.2, 0) is 13.1 Å². The second kappa shape index (κ2) is 9.40. The fourth-order valence-electron chi connectivity index (χ4n) is 3.67. The molecule has 0 amide bonds. The number of fused-ring (bicyclic) bond motifs is 1. The van der Waals surface area contributed by atoms with Gasteiger partial charge in [-0.05, 0) is 72.1 Å². The van der Waals surface area contributed by atoms with Crippen LogP contribution in [0.15, 0.2) is 77.3 Å². The first-order chi connectivity index (χ1) is 15.1. The molecule has 0 aliphatic carbocycles. The summed E-state index contributed by atoms with van der Waals surface area (Å²) in [5, 5.41) is 1.13. The van der Waals surface area contributed by atoms with Gasteiger partial charge in [0.05, 0.1) is 19.7 Å². The number of aryl methyl sites for hydroxylation is 1. The molecule has 158 valence electrons. The van der Waals surface area contributed by atoms with Gasteiger partial charge in [0, 0.05) is 22.9 Å². The van der Waals surface area contributed by atoms with E-state index in [4.69, 9.17) is 14.5 Å². The first-order valence-corrected chi connectivity index (χ1v) is 10.9. The Labute approximate surface area is 191 Å². The Morgan fingerprint density at radius 1 is 0.774 bits per heavy atom. The average molecular weight is 477 g/mol. The van der Waals surface area contributed by atoms with Crippen LogP contribution < -0.4 is 14.4 Å². The number of pyridine rings is 1. The largest absolute Gasteiger partial charge is 0.497 e. The molecule has 0 spiro atoms. The number of ether oxygens (including phenoxy) is 2. The number of hydrogen-bond acceptors (Lipinski definition) is 4. The molecule has 4 rings (SSSR count). The van der Waals surface area contributed by atoms with Gasteiger partial charge in [0.15, 0.2) is 0 Å². The molecule has 0 N–H and O–H groups in total. The third kappa shape index (κ3) is 5.00. The smallest absolute Gasteiger partial charge is 0.132 e. The number of rotatable bonds is 7. The molecule has 0 saturated heterocycles. The van der Waals surface area contributed by atoms with Crippen molar-refractivity contribution >= 4 is 32.7 Å². The van der Waals surface area contributed by atoms with Crippen LogP contribution in [0.2, 0.25) is 0 Å². The molecule has 0 aliphatic heterocycles. The fourth-order valence-corrected chi connectivity index (χ4v) is 4.05. The molecule has 0 atom stereocenters. The molecule has 4 aromatic rings. The molecule has 3 aromatic carbocycles. The van der Waals surface area contributed by atoms with E-state index in [-0.39, 0.29) is 0 Å². The van der Waals surface area contributed by atoms with Crippen molar-refractivity contribution in [1.29, 1.82) is 0 Å². The summed E-state index contributed by atoms with van der Waals surface area (Å²) in [4.78, 5) is 7.35. The van der Waals surface area contributed by atoms with Gasteiger partial charge in [-0.1, -0.05) is 40.2 Å². The summed E-state index contributed by atoms with van der Waals surface area (Å²) >= 11 is 3.56. The molecule has 5 heteroatoms. The van der Waals surface area contributed by atoms with Crippen molar-refractivity contribution in [2.45, 2.75) is 20.0 Å². The topological polar surface area (TPSA) is 34.6 Å². The molecule has 0 bridgehead atoms. The summed E-state index contributed by atoms with van der Waals surface area (Å²) in [5.41, 5.74) is 4.53. The maximum Gasteiger partial charge on any atom is 0.132 e. The molecule has 0 radical (unpaired) electrons. The first kappa shape index (κ1) is 21.2. The van der Waals surface area contributed by atoms with E-state index >= 15 is 0 Å². The Balaban J connectivity index is 1.71. The minimum Gasteiger partial charge on any atom is -0.497 e. The number of anilines is 1. The van der Waals surface area contributed by atoms with E-state index in [2.05, 4.69) is 70.2 Å². The first-order valence-electron chi connectivity index (χ1n) is 10.1. The molecule has 4 nitrogen and oxygen atoms in total. The van der Waals surface area contributed by atoms with E-state index in [0.717, 1.165) is 51.3 Å². The summed E-state index contributed by atoms with van der Waals surface area (Å²) in [6.07, 6.45) is 0. The number of halogens is 1. The fraction of sp³-hybridized carbons (Fsp3) is 0.192. The zero-order valence-electron chi connectivity index (χ0n) is 17.9. The Morgan fingerprint density at radius 2 is 1.32 bits per heavy atom. The minimum absolute atomic E-state index is 0.742. The third-order valence-corrected chi connectivity index (χ3v) is 5.80. The van der Waals surface area contributed by atoms with E-state index in [1.54, 1.807) is 14.2 Å². The molecular weight excluding hydrogens is 452 g/mol. The second-order valence-electron chi connectivity index (χ2n) is 7.52. The van der Waals surface area contributed by atoms with Crippen LogP contribution >= 0.6 is 15.9 Å². The number of aromatic nitrogens is 1. The molecule has 0 saturated carbocycles. The Hall–Kier alpha value is -3.05. The Morgan fingerprint density at radius 3 is 1.84 bits per heavy atom. The van der Waals surface area contributed by atoms with Gasteiger partial charge in [-0.15, -0.1) is 0 Å². The highest BCUT2D eigenvalue weighted by molar-refractivity contribution is 9.10. The quantitative estimate of drug-likeness (QED) is 0.303. The third-order valence-electron chi connectivity index (χ3n) is 5.31. The van der Waals surface area contributed by atoms with Gasteiger partial charge in [0.25, 0.3) is 0 Å². The van der Waals surface area contributed by atoms with Crippen LogP contribution in [0.1, 0.15) is 16.7 Å². The molecule has 0 aliphatic rings. The lowest BCUT2D eigenvalue weighted by Gasteiger charge is -2.26. The number of nitrogens with zero attached hydrogens (tertiary/aromatic N) is 2. The Kier molecular flexibility index (Phi) is 6.42. The van der Waals surface area contributed by atoms with Crippen LogP contribution in [0.3, 0.4) is 0 Å². The monoisotopic (exact) mass is 476 g/mol. The van der Waals surface area contributed by atoms with Crippen molar-refractivity contribution in [3.05, 3.63) is 94.0 Å². The van der Waals surface area contributed by atoms with Crippen LogP contribution in [-0.4, -0.2) is 19.2 Å². The second-order valence-corrected chi connectivity index (χ2v) is 8.43. The molecule has 0 fully saturated rings.